The minimum atomic E-state index is -0.286. The molecule has 0 radical (unpaired) electrons. The molecule has 4 nitrogen and oxygen atoms in total. The molecule has 19 heavy (non-hydrogen) atoms. The second kappa shape index (κ2) is 5.87. The first kappa shape index (κ1) is 12.9. The molecular formula is C15H15N3O. The maximum atomic E-state index is 10.7. The Morgan fingerprint density at radius 1 is 1.21 bits per heavy atom. The number of nitrogens with one attached hydrogen (secondary N) is 1. The summed E-state index contributed by atoms with van der Waals surface area (Å²) < 4.78 is 0. The number of carbonyl (C=O) groups excluding carboxylic acids is 1. The van der Waals surface area contributed by atoms with Crippen molar-refractivity contribution in [3.05, 3.63) is 42.0 Å². The number of rotatable bonds is 5. The molecule has 0 unspecified atom stereocenters. The number of hydrogen-bond donors (Lipinski definition) is 2. The van der Waals surface area contributed by atoms with Crippen LogP contribution in [-0.2, 0) is 4.79 Å². The van der Waals surface area contributed by atoms with Crippen LogP contribution in [-0.4, -0.2) is 12.5 Å². The lowest BCUT2D eigenvalue weighted by atomic mass is 10.0. The van der Waals surface area contributed by atoms with Gasteiger partial charge in [-0.2, -0.15) is 5.26 Å². The number of primary amides is 1. The maximum Gasteiger partial charge on any atom is 0.217 e. The van der Waals surface area contributed by atoms with Crippen LogP contribution in [0.3, 0.4) is 0 Å². The van der Waals surface area contributed by atoms with E-state index in [1.807, 2.05) is 30.3 Å². The van der Waals surface area contributed by atoms with Crippen molar-refractivity contribution in [3.63, 3.8) is 0 Å². The van der Waals surface area contributed by atoms with Gasteiger partial charge in [-0.05, 0) is 18.6 Å². The van der Waals surface area contributed by atoms with E-state index in [-0.39, 0.29) is 5.91 Å². The quantitative estimate of drug-likeness (QED) is 0.803. The highest BCUT2D eigenvalue weighted by molar-refractivity contribution is 5.97. The van der Waals surface area contributed by atoms with E-state index in [0.29, 0.717) is 24.9 Å². The van der Waals surface area contributed by atoms with E-state index in [1.54, 1.807) is 6.07 Å². The summed E-state index contributed by atoms with van der Waals surface area (Å²) >= 11 is 0. The van der Waals surface area contributed by atoms with Crippen LogP contribution in [0.2, 0.25) is 0 Å². The number of nitrogens with two attached hydrogens (primary N) is 1. The largest absolute Gasteiger partial charge is 0.385 e. The van der Waals surface area contributed by atoms with Gasteiger partial charge in [0.2, 0.25) is 5.91 Å². The lowest BCUT2D eigenvalue weighted by molar-refractivity contribution is -0.118. The van der Waals surface area contributed by atoms with Gasteiger partial charge in [-0.25, -0.2) is 0 Å². The summed E-state index contributed by atoms with van der Waals surface area (Å²) in [5, 5.41) is 14.3. The van der Waals surface area contributed by atoms with Gasteiger partial charge in [0.1, 0.15) is 0 Å². The van der Waals surface area contributed by atoms with Gasteiger partial charge < -0.3 is 11.1 Å². The van der Waals surface area contributed by atoms with Crippen LogP contribution in [0, 0.1) is 11.3 Å². The van der Waals surface area contributed by atoms with E-state index in [9.17, 15) is 4.79 Å². The van der Waals surface area contributed by atoms with Crippen LogP contribution in [0.5, 0.6) is 0 Å². The van der Waals surface area contributed by atoms with Crippen molar-refractivity contribution in [3.8, 4) is 6.07 Å². The fraction of sp³-hybridized carbons (Fsp3) is 0.200. The molecule has 3 N–H and O–H groups in total. The van der Waals surface area contributed by atoms with Crippen molar-refractivity contribution in [1.82, 2.24) is 0 Å². The fourth-order valence-electron chi connectivity index (χ4n) is 2.04. The number of nitrogens with zero attached hydrogens (tertiary/aromatic N) is 1. The molecule has 0 heterocycles. The Balaban J connectivity index is 2.20. The van der Waals surface area contributed by atoms with E-state index in [4.69, 9.17) is 11.0 Å². The summed E-state index contributed by atoms with van der Waals surface area (Å²) in [4.78, 5) is 10.7. The molecule has 0 aliphatic rings. The molecule has 96 valence electrons. The molecule has 4 heteroatoms. The average molecular weight is 253 g/mol. The van der Waals surface area contributed by atoms with Crippen molar-refractivity contribution < 1.29 is 4.79 Å². The van der Waals surface area contributed by atoms with Gasteiger partial charge in [-0.15, -0.1) is 0 Å². The minimum absolute atomic E-state index is 0.286. The third-order valence-corrected chi connectivity index (χ3v) is 2.96. The Morgan fingerprint density at radius 2 is 1.95 bits per heavy atom. The van der Waals surface area contributed by atoms with Crippen molar-refractivity contribution >= 4 is 22.4 Å². The third kappa shape index (κ3) is 3.02. The Labute approximate surface area is 111 Å². The zero-order chi connectivity index (χ0) is 13.7. The van der Waals surface area contributed by atoms with Gasteiger partial charge in [0.15, 0.2) is 0 Å². The zero-order valence-electron chi connectivity index (χ0n) is 10.5. The summed E-state index contributed by atoms with van der Waals surface area (Å²) in [5.41, 5.74) is 6.73. The summed E-state index contributed by atoms with van der Waals surface area (Å²) in [6.07, 6.45) is 1.07. The SMILES string of the molecule is N#Cc1ccc(NCCCC(N)=O)c2ccccc12. The van der Waals surface area contributed by atoms with Crippen LogP contribution in [0.1, 0.15) is 18.4 Å². The van der Waals surface area contributed by atoms with Gasteiger partial charge in [0.05, 0.1) is 11.6 Å². The van der Waals surface area contributed by atoms with E-state index >= 15 is 0 Å². The van der Waals surface area contributed by atoms with Gasteiger partial charge in [-0.3, -0.25) is 4.79 Å². The van der Waals surface area contributed by atoms with Gasteiger partial charge in [-0.1, -0.05) is 24.3 Å². The fourth-order valence-corrected chi connectivity index (χ4v) is 2.04. The summed E-state index contributed by atoms with van der Waals surface area (Å²) in [5.74, 6) is -0.286. The molecule has 0 aliphatic heterocycles. The zero-order valence-corrected chi connectivity index (χ0v) is 10.5. The van der Waals surface area contributed by atoms with E-state index < -0.39 is 0 Å². The highest BCUT2D eigenvalue weighted by Gasteiger charge is 2.04. The first-order valence-corrected chi connectivity index (χ1v) is 6.16. The monoisotopic (exact) mass is 253 g/mol. The second-order valence-corrected chi connectivity index (χ2v) is 4.31. The molecule has 0 spiro atoms. The summed E-state index contributed by atoms with van der Waals surface area (Å²) in [7, 11) is 0. The third-order valence-electron chi connectivity index (χ3n) is 2.96. The van der Waals surface area contributed by atoms with Crippen LogP contribution in [0.4, 0.5) is 5.69 Å². The number of amides is 1. The van der Waals surface area contributed by atoms with E-state index in [1.165, 1.54) is 0 Å². The van der Waals surface area contributed by atoms with Crippen molar-refractivity contribution in [1.29, 1.82) is 5.26 Å². The summed E-state index contributed by atoms with van der Waals surface area (Å²) in [6.45, 7) is 0.679. The van der Waals surface area contributed by atoms with Gasteiger partial charge in [0, 0.05) is 29.4 Å². The normalized spacial score (nSPS) is 10.1. The molecule has 2 aromatic carbocycles. The molecule has 0 fully saturated rings. The molecule has 2 aromatic rings. The van der Waals surface area contributed by atoms with Crippen LogP contribution >= 0.6 is 0 Å². The molecule has 0 saturated carbocycles. The molecule has 2 rings (SSSR count). The van der Waals surface area contributed by atoms with Crippen molar-refractivity contribution in [2.45, 2.75) is 12.8 Å². The van der Waals surface area contributed by atoms with Crippen molar-refractivity contribution in [2.24, 2.45) is 5.73 Å². The summed E-state index contributed by atoms with van der Waals surface area (Å²) in [6, 6.07) is 13.7. The predicted octanol–water partition coefficient (Wildman–Crippen LogP) is 2.39. The number of anilines is 1. The lowest BCUT2D eigenvalue weighted by Gasteiger charge is -2.10. The van der Waals surface area contributed by atoms with Crippen LogP contribution in [0.25, 0.3) is 10.8 Å². The van der Waals surface area contributed by atoms with E-state index in [2.05, 4.69) is 11.4 Å². The molecule has 0 bridgehead atoms. The molecule has 0 saturated heterocycles. The smallest absolute Gasteiger partial charge is 0.217 e. The number of hydrogen-bond acceptors (Lipinski definition) is 3. The Hall–Kier alpha value is -2.54. The molecular weight excluding hydrogens is 238 g/mol. The topological polar surface area (TPSA) is 78.9 Å². The molecule has 0 atom stereocenters. The highest BCUT2D eigenvalue weighted by atomic mass is 16.1. The van der Waals surface area contributed by atoms with Crippen LogP contribution < -0.4 is 11.1 Å². The minimum Gasteiger partial charge on any atom is -0.385 e. The van der Waals surface area contributed by atoms with Gasteiger partial charge >= 0.3 is 0 Å². The number of nitriles is 1. The number of benzene rings is 2. The van der Waals surface area contributed by atoms with Crippen LogP contribution in [0.15, 0.2) is 36.4 Å². The average Bonchev–Trinajstić information content (AvgIpc) is 2.43. The number of fused-ring (bicyclic) bond motifs is 1. The number of carbonyl (C=O) groups is 1. The molecule has 1 amide bonds. The lowest BCUT2D eigenvalue weighted by Crippen LogP contribution is -2.12. The Bertz CT molecular complexity index is 643. The Kier molecular flexibility index (Phi) is 3.99. The van der Waals surface area contributed by atoms with Gasteiger partial charge in [0.25, 0.3) is 0 Å². The van der Waals surface area contributed by atoms with E-state index in [0.717, 1.165) is 16.5 Å². The predicted molar refractivity (Wildman–Crippen MR) is 75.6 cm³/mol. The molecule has 0 aromatic heterocycles. The van der Waals surface area contributed by atoms with Crippen molar-refractivity contribution in [2.75, 3.05) is 11.9 Å². The maximum absolute atomic E-state index is 10.7. The first-order valence-electron chi connectivity index (χ1n) is 6.16. The highest BCUT2D eigenvalue weighted by Crippen LogP contribution is 2.26. The standard InChI is InChI=1S/C15H15N3O/c16-10-11-7-8-14(18-9-3-6-15(17)19)13-5-2-1-4-12(11)13/h1-2,4-5,7-8,18H,3,6,9H2,(H2,17,19). The first-order chi connectivity index (χ1) is 9.22. The Morgan fingerprint density at radius 3 is 2.63 bits per heavy atom. The molecule has 0 aliphatic carbocycles. The second-order valence-electron chi connectivity index (χ2n) is 4.31.